The van der Waals surface area contributed by atoms with Crippen LogP contribution in [0, 0.1) is 0 Å². The Hall–Kier alpha value is -3.37. The highest BCUT2D eigenvalue weighted by atomic mass is 32.2. The first kappa shape index (κ1) is 22.4. The van der Waals surface area contributed by atoms with Crippen LogP contribution in [0.5, 0.6) is 0 Å². The van der Waals surface area contributed by atoms with Crippen LogP contribution in [-0.2, 0) is 17.7 Å². The molecule has 0 saturated carbocycles. The molecule has 5 rings (SSSR count). The van der Waals surface area contributed by atoms with Gasteiger partial charge in [-0.25, -0.2) is 0 Å². The average molecular weight is 464 g/mol. The molecule has 0 atom stereocenters. The Morgan fingerprint density at radius 1 is 0.735 bits per heavy atom. The van der Waals surface area contributed by atoms with E-state index in [-0.39, 0.29) is 5.41 Å². The molecule has 0 bridgehead atoms. The third kappa shape index (κ3) is 4.78. The molecule has 0 fully saturated rings. The molecule has 1 aromatic heterocycles. The number of nitrogens with zero attached hydrogens (tertiary/aromatic N) is 3. The maximum atomic E-state index is 4.64. The van der Waals surface area contributed by atoms with E-state index in [9.17, 15) is 0 Å². The van der Waals surface area contributed by atoms with Gasteiger partial charge in [-0.2, -0.15) is 0 Å². The van der Waals surface area contributed by atoms with Crippen molar-refractivity contribution < 1.29 is 0 Å². The van der Waals surface area contributed by atoms with Crippen molar-refractivity contribution in [2.75, 3.05) is 0 Å². The van der Waals surface area contributed by atoms with Crippen molar-refractivity contribution in [3.63, 3.8) is 0 Å². The van der Waals surface area contributed by atoms with E-state index in [2.05, 4.69) is 133 Å². The van der Waals surface area contributed by atoms with E-state index in [1.807, 2.05) is 0 Å². The monoisotopic (exact) mass is 463 g/mol. The maximum absolute atomic E-state index is 4.64. The Morgan fingerprint density at radius 2 is 1.44 bits per heavy atom. The molecule has 0 saturated heterocycles. The number of hydrogen-bond acceptors (Lipinski definition) is 3. The lowest BCUT2D eigenvalue weighted by atomic mass is 9.87. The highest BCUT2D eigenvalue weighted by Crippen LogP contribution is 2.31. The summed E-state index contributed by atoms with van der Waals surface area (Å²) in [6.07, 6.45) is 0. The minimum Gasteiger partial charge on any atom is -0.298 e. The maximum Gasteiger partial charge on any atom is 0.192 e. The minimum atomic E-state index is 0.121. The van der Waals surface area contributed by atoms with Crippen LogP contribution in [0.4, 0.5) is 0 Å². The Balaban J connectivity index is 1.49. The predicted octanol–water partition coefficient (Wildman–Crippen LogP) is 7.74. The summed E-state index contributed by atoms with van der Waals surface area (Å²) in [7, 11) is 0. The van der Waals surface area contributed by atoms with Crippen LogP contribution >= 0.6 is 11.8 Å². The average Bonchev–Trinajstić information content (AvgIpc) is 3.25. The summed E-state index contributed by atoms with van der Waals surface area (Å²) in [5.41, 5.74) is 5.08. The molecule has 0 aliphatic carbocycles. The van der Waals surface area contributed by atoms with Gasteiger partial charge in [0, 0.05) is 11.3 Å². The molecule has 4 aromatic carbocycles. The van der Waals surface area contributed by atoms with Gasteiger partial charge in [0.15, 0.2) is 11.0 Å². The van der Waals surface area contributed by atoms with Crippen molar-refractivity contribution in [1.29, 1.82) is 0 Å². The molecule has 0 radical (unpaired) electrons. The van der Waals surface area contributed by atoms with Crippen LogP contribution in [-0.4, -0.2) is 14.8 Å². The summed E-state index contributed by atoms with van der Waals surface area (Å²) >= 11 is 1.75. The van der Waals surface area contributed by atoms with E-state index < -0.39 is 0 Å². The second-order valence-electron chi connectivity index (χ2n) is 9.63. The quantitative estimate of drug-likeness (QED) is 0.241. The van der Waals surface area contributed by atoms with Crippen molar-refractivity contribution in [2.24, 2.45) is 0 Å². The third-order valence-corrected chi connectivity index (χ3v) is 7.16. The fraction of sp³-hybridized carbons (Fsp3) is 0.200. The number of benzene rings is 4. The summed E-state index contributed by atoms with van der Waals surface area (Å²) in [6.45, 7) is 7.45. The van der Waals surface area contributed by atoms with Crippen molar-refractivity contribution in [1.82, 2.24) is 14.8 Å². The zero-order valence-corrected chi connectivity index (χ0v) is 20.7. The lowest BCUT2D eigenvalue weighted by Crippen LogP contribution is -2.10. The van der Waals surface area contributed by atoms with Gasteiger partial charge < -0.3 is 0 Å². The van der Waals surface area contributed by atoms with Crippen molar-refractivity contribution in [3.8, 4) is 11.4 Å². The molecule has 0 aliphatic rings. The van der Waals surface area contributed by atoms with E-state index in [4.69, 9.17) is 0 Å². The van der Waals surface area contributed by atoms with Crippen LogP contribution in [0.1, 0.15) is 37.5 Å². The highest BCUT2D eigenvalue weighted by Gasteiger charge is 2.18. The normalized spacial score (nSPS) is 11.7. The van der Waals surface area contributed by atoms with Gasteiger partial charge >= 0.3 is 0 Å². The first-order valence-electron chi connectivity index (χ1n) is 11.7. The summed E-state index contributed by atoms with van der Waals surface area (Å²) in [6, 6.07) is 34.4. The van der Waals surface area contributed by atoms with Gasteiger partial charge in [-0.15, -0.1) is 10.2 Å². The SMILES string of the molecule is CC(C)(C)c1ccc(-c2nnc(SCc3cccc4ccccc34)n2Cc2ccccc2)cc1. The molecule has 0 amide bonds. The van der Waals surface area contributed by atoms with Crippen molar-refractivity contribution >= 4 is 22.5 Å². The molecule has 0 aliphatic heterocycles. The molecule has 4 heteroatoms. The summed E-state index contributed by atoms with van der Waals surface area (Å²) in [5, 5.41) is 12.8. The Kier molecular flexibility index (Phi) is 6.25. The fourth-order valence-corrected chi connectivity index (χ4v) is 5.14. The van der Waals surface area contributed by atoms with Crippen LogP contribution in [0.25, 0.3) is 22.2 Å². The molecule has 34 heavy (non-hydrogen) atoms. The molecule has 5 aromatic rings. The highest BCUT2D eigenvalue weighted by molar-refractivity contribution is 7.98. The van der Waals surface area contributed by atoms with Crippen LogP contribution in [0.15, 0.2) is 102 Å². The number of thioether (sulfide) groups is 1. The van der Waals surface area contributed by atoms with Crippen LogP contribution < -0.4 is 0 Å². The van der Waals surface area contributed by atoms with Gasteiger partial charge in [0.2, 0.25) is 0 Å². The second-order valence-corrected chi connectivity index (χ2v) is 10.6. The second kappa shape index (κ2) is 9.47. The van der Waals surface area contributed by atoms with Crippen LogP contribution in [0.3, 0.4) is 0 Å². The van der Waals surface area contributed by atoms with E-state index in [1.54, 1.807) is 11.8 Å². The number of hydrogen-bond donors (Lipinski definition) is 0. The standard InChI is InChI=1S/C30H29N3S/c1-30(2,3)26-18-16-24(17-19-26)28-31-32-29(33(28)20-22-10-5-4-6-11-22)34-21-25-14-9-13-23-12-7-8-15-27(23)25/h4-19H,20-21H2,1-3H3. The van der Waals surface area contributed by atoms with Gasteiger partial charge in [0.25, 0.3) is 0 Å². The predicted molar refractivity (Wildman–Crippen MR) is 143 cm³/mol. The molecule has 1 heterocycles. The summed E-state index contributed by atoms with van der Waals surface area (Å²) < 4.78 is 2.25. The van der Waals surface area contributed by atoms with Crippen molar-refractivity contribution in [2.45, 2.75) is 43.6 Å². The number of aromatic nitrogens is 3. The fourth-order valence-electron chi connectivity index (χ4n) is 4.20. The Labute approximate surface area is 205 Å². The van der Waals surface area contributed by atoms with Crippen molar-refractivity contribution in [3.05, 3.63) is 114 Å². The molecule has 0 unspecified atom stereocenters. The van der Waals surface area contributed by atoms with Crippen LogP contribution in [0.2, 0.25) is 0 Å². The Morgan fingerprint density at radius 3 is 2.21 bits per heavy atom. The summed E-state index contributed by atoms with van der Waals surface area (Å²) in [5.74, 6) is 1.75. The molecular weight excluding hydrogens is 434 g/mol. The number of fused-ring (bicyclic) bond motifs is 1. The third-order valence-electron chi connectivity index (χ3n) is 6.15. The molecule has 0 spiro atoms. The first-order chi connectivity index (χ1) is 16.5. The molecular formula is C30H29N3S. The molecule has 170 valence electrons. The van der Waals surface area contributed by atoms with Gasteiger partial charge in [0.05, 0.1) is 6.54 Å². The zero-order valence-electron chi connectivity index (χ0n) is 19.9. The van der Waals surface area contributed by atoms with Gasteiger partial charge in [-0.3, -0.25) is 4.57 Å². The molecule has 0 N–H and O–H groups in total. The topological polar surface area (TPSA) is 30.7 Å². The zero-order chi connectivity index (χ0) is 23.5. The largest absolute Gasteiger partial charge is 0.298 e. The first-order valence-corrected chi connectivity index (χ1v) is 12.6. The van der Waals surface area contributed by atoms with E-state index in [0.29, 0.717) is 0 Å². The lowest BCUT2D eigenvalue weighted by Gasteiger charge is -2.19. The number of rotatable bonds is 6. The van der Waals surface area contributed by atoms with E-state index in [1.165, 1.54) is 27.5 Å². The van der Waals surface area contributed by atoms with Gasteiger partial charge in [-0.1, -0.05) is 130 Å². The summed E-state index contributed by atoms with van der Waals surface area (Å²) in [4.78, 5) is 0. The Bertz CT molecular complexity index is 1390. The lowest BCUT2D eigenvalue weighted by molar-refractivity contribution is 0.590. The minimum absolute atomic E-state index is 0.121. The van der Waals surface area contributed by atoms with E-state index >= 15 is 0 Å². The van der Waals surface area contributed by atoms with Gasteiger partial charge in [-0.05, 0) is 32.9 Å². The van der Waals surface area contributed by atoms with Gasteiger partial charge in [0.1, 0.15) is 0 Å². The molecule has 3 nitrogen and oxygen atoms in total. The smallest absolute Gasteiger partial charge is 0.192 e. The van der Waals surface area contributed by atoms with E-state index in [0.717, 1.165) is 28.8 Å².